The van der Waals surface area contributed by atoms with Crippen LogP contribution in [0.15, 0.2) is 29.6 Å². The molecule has 1 atom stereocenters. The first-order valence-electron chi connectivity index (χ1n) is 5.31. The highest BCUT2D eigenvalue weighted by atomic mass is 32.1. The predicted molar refractivity (Wildman–Crippen MR) is 66.6 cm³/mol. The molecule has 15 heavy (non-hydrogen) atoms. The molecule has 78 valence electrons. The Bertz CT molecular complexity index is 477. The minimum atomic E-state index is 0.347. The summed E-state index contributed by atoms with van der Waals surface area (Å²) in [6.45, 7) is 2.09. The summed E-state index contributed by atoms with van der Waals surface area (Å²) in [5.41, 5.74) is 7.30. The van der Waals surface area contributed by atoms with Crippen LogP contribution >= 0.6 is 11.3 Å². The zero-order chi connectivity index (χ0) is 10.3. The van der Waals surface area contributed by atoms with Crippen LogP contribution in [0.25, 0.3) is 10.1 Å². The SMILES string of the molecule is NC1CCN(c2cccc3ccsc23)C1. The maximum absolute atomic E-state index is 5.94. The van der Waals surface area contributed by atoms with Crippen LogP contribution in [-0.4, -0.2) is 19.1 Å². The molecule has 1 aromatic heterocycles. The van der Waals surface area contributed by atoms with Gasteiger partial charge in [-0.3, -0.25) is 0 Å². The van der Waals surface area contributed by atoms with E-state index in [-0.39, 0.29) is 0 Å². The van der Waals surface area contributed by atoms with Gasteiger partial charge in [-0.2, -0.15) is 0 Å². The number of thiophene rings is 1. The van der Waals surface area contributed by atoms with Crippen molar-refractivity contribution >= 4 is 27.1 Å². The quantitative estimate of drug-likeness (QED) is 0.796. The molecular formula is C12H14N2S. The van der Waals surface area contributed by atoms with Crippen LogP contribution in [-0.2, 0) is 0 Å². The molecule has 0 saturated carbocycles. The van der Waals surface area contributed by atoms with E-state index in [2.05, 4.69) is 34.5 Å². The van der Waals surface area contributed by atoms with Gasteiger partial charge in [0.15, 0.2) is 0 Å². The number of hydrogen-bond acceptors (Lipinski definition) is 3. The van der Waals surface area contributed by atoms with E-state index in [1.54, 1.807) is 0 Å². The molecule has 1 fully saturated rings. The highest BCUT2D eigenvalue weighted by Gasteiger charge is 2.20. The van der Waals surface area contributed by atoms with Gasteiger partial charge in [-0.05, 0) is 29.3 Å². The van der Waals surface area contributed by atoms with Crippen molar-refractivity contribution in [3.05, 3.63) is 29.6 Å². The van der Waals surface area contributed by atoms with Crippen LogP contribution < -0.4 is 10.6 Å². The second kappa shape index (κ2) is 3.51. The second-order valence-electron chi connectivity index (χ2n) is 4.11. The summed E-state index contributed by atoms with van der Waals surface area (Å²) in [6.07, 6.45) is 1.11. The summed E-state index contributed by atoms with van der Waals surface area (Å²) in [7, 11) is 0. The number of benzene rings is 1. The van der Waals surface area contributed by atoms with E-state index in [1.165, 1.54) is 15.8 Å². The van der Waals surface area contributed by atoms with Crippen LogP contribution in [0.3, 0.4) is 0 Å². The highest BCUT2D eigenvalue weighted by Crippen LogP contribution is 2.32. The average molecular weight is 218 g/mol. The molecule has 1 saturated heterocycles. The van der Waals surface area contributed by atoms with Crippen molar-refractivity contribution in [2.45, 2.75) is 12.5 Å². The Morgan fingerprint density at radius 2 is 2.27 bits per heavy atom. The number of hydrogen-bond donors (Lipinski definition) is 1. The van der Waals surface area contributed by atoms with Gasteiger partial charge in [0.2, 0.25) is 0 Å². The molecule has 0 aliphatic carbocycles. The number of fused-ring (bicyclic) bond motifs is 1. The molecule has 1 aromatic carbocycles. The van der Waals surface area contributed by atoms with Gasteiger partial charge >= 0.3 is 0 Å². The Kier molecular flexibility index (Phi) is 2.15. The van der Waals surface area contributed by atoms with Crippen LogP contribution in [0.2, 0.25) is 0 Å². The Labute approximate surface area is 93.3 Å². The van der Waals surface area contributed by atoms with Crippen molar-refractivity contribution in [2.24, 2.45) is 5.73 Å². The van der Waals surface area contributed by atoms with Gasteiger partial charge in [0.25, 0.3) is 0 Å². The third-order valence-electron chi connectivity index (χ3n) is 3.02. The van der Waals surface area contributed by atoms with E-state index in [9.17, 15) is 0 Å². The molecule has 1 aliphatic heterocycles. The van der Waals surface area contributed by atoms with E-state index >= 15 is 0 Å². The maximum atomic E-state index is 5.94. The van der Waals surface area contributed by atoms with Gasteiger partial charge < -0.3 is 10.6 Å². The fraction of sp³-hybridized carbons (Fsp3) is 0.333. The lowest BCUT2D eigenvalue weighted by molar-refractivity contribution is 0.752. The van der Waals surface area contributed by atoms with E-state index in [0.29, 0.717) is 6.04 Å². The molecule has 0 amide bonds. The van der Waals surface area contributed by atoms with Crippen LogP contribution in [0.5, 0.6) is 0 Å². The molecule has 2 N–H and O–H groups in total. The summed E-state index contributed by atoms with van der Waals surface area (Å²) in [6, 6.07) is 9.04. The van der Waals surface area contributed by atoms with E-state index in [0.717, 1.165) is 19.5 Å². The predicted octanol–water partition coefficient (Wildman–Crippen LogP) is 2.44. The highest BCUT2D eigenvalue weighted by molar-refractivity contribution is 7.17. The van der Waals surface area contributed by atoms with Gasteiger partial charge in [0.05, 0.1) is 10.4 Å². The number of rotatable bonds is 1. The molecule has 2 nitrogen and oxygen atoms in total. The Hall–Kier alpha value is -1.06. The molecule has 3 rings (SSSR count). The van der Waals surface area contributed by atoms with Gasteiger partial charge in [0, 0.05) is 19.1 Å². The molecule has 0 spiro atoms. The Morgan fingerprint density at radius 3 is 3.07 bits per heavy atom. The van der Waals surface area contributed by atoms with Gasteiger partial charge in [-0.15, -0.1) is 11.3 Å². The molecular weight excluding hydrogens is 204 g/mol. The smallest absolute Gasteiger partial charge is 0.0576 e. The largest absolute Gasteiger partial charge is 0.369 e. The molecule has 0 radical (unpaired) electrons. The van der Waals surface area contributed by atoms with Crippen LogP contribution in [0.4, 0.5) is 5.69 Å². The zero-order valence-electron chi connectivity index (χ0n) is 8.52. The number of nitrogens with zero attached hydrogens (tertiary/aromatic N) is 1. The third-order valence-corrected chi connectivity index (χ3v) is 3.98. The van der Waals surface area contributed by atoms with E-state index in [4.69, 9.17) is 5.73 Å². The van der Waals surface area contributed by atoms with Gasteiger partial charge in [-0.1, -0.05) is 12.1 Å². The lowest BCUT2D eigenvalue weighted by Crippen LogP contribution is -2.26. The Balaban J connectivity index is 2.06. The lowest BCUT2D eigenvalue weighted by atomic mass is 10.2. The minimum Gasteiger partial charge on any atom is -0.369 e. The third kappa shape index (κ3) is 1.52. The molecule has 2 aromatic rings. The average Bonchev–Trinajstić information content (AvgIpc) is 2.84. The van der Waals surface area contributed by atoms with E-state index < -0.39 is 0 Å². The number of nitrogens with two attached hydrogens (primary N) is 1. The maximum Gasteiger partial charge on any atom is 0.0576 e. The molecule has 1 unspecified atom stereocenters. The number of anilines is 1. The zero-order valence-corrected chi connectivity index (χ0v) is 9.33. The van der Waals surface area contributed by atoms with Crippen molar-refractivity contribution in [1.82, 2.24) is 0 Å². The van der Waals surface area contributed by atoms with Gasteiger partial charge in [0.1, 0.15) is 0 Å². The lowest BCUT2D eigenvalue weighted by Gasteiger charge is -2.18. The molecule has 3 heteroatoms. The fourth-order valence-corrected chi connectivity index (χ4v) is 3.17. The van der Waals surface area contributed by atoms with Gasteiger partial charge in [-0.25, -0.2) is 0 Å². The van der Waals surface area contributed by atoms with Crippen molar-refractivity contribution in [1.29, 1.82) is 0 Å². The van der Waals surface area contributed by atoms with Crippen molar-refractivity contribution in [3.63, 3.8) is 0 Å². The van der Waals surface area contributed by atoms with E-state index in [1.807, 2.05) is 11.3 Å². The molecule has 2 heterocycles. The summed E-state index contributed by atoms with van der Waals surface area (Å²) >= 11 is 1.82. The topological polar surface area (TPSA) is 29.3 Å². The van der Waals surface area contributed by atoms with Crippen molar-refractivity contribution < 1.29 is 0 Å². The molecule has 1 aliphatic rings. The monoisotopic (exact) mass is 218 g/mol. The first-order valence-corrected chi connectivity index (χ1v) is 6.19. The molecule has 0 bridgehead atoms. The van der Waals surface area contributed by atoms with Crippen LogP contribution in [0, 0.1) is 0 Å². The standard InChI is InChI=1S/C12H14N2S/c13-10-4-6-14(8-10)11-3-1-2-9-5-7-15-12(9)11/h1-3,5,7,10H,4,6,8,13H2. The minimum absolute atomic E-state index is 0.347. The Morgan fingerprint density at radius 1 is 1.33 bits per heavy atom. The van der Waals surface area contributed by atoms with Crippen molar-refractivity contribution in [3.8, 4) is 0 Å². The normalized spacial score (nSPS) is 21.4. The summed E-state index contributed by atoms with van der Waals surface area (Å²) in [5, 5.41) is 3.50. The fourth-order valence-electron chi connectivity index (χ4n) is 2.23. The summed E-state index contributed by atoms with van der Waals surface area (Å²) in [5.74, 6) is 0. The second-order valence-corrected chi connectivity index (χ2v) is 5.03. The van der Waals surface area contributed by atoms with Crippen molar-refractivity contribution in [2.75, 3.05) is 18.0 Å². The summed E-state index contributed by atoms with van der Waals surface area (Å²) < 4.78 is 1.40. The van der Waals surface area contributed by atoms with Crippen LogP contribution in [0.1, 0.15) is 6.42 Å². The summed E-state index contributed by atoms with van der Waals surface area (Å²) in [4.78, 5) is 2.41. The first-order chi connectivity index (χ1) is 7.34. The first kappa shape index (κ1) is 9.19.